The Morgan fingerprint density at radius 3 is 2.57 bits per heavy atom. The second kappa shape index (κ2) is 5.54. The summed E-state index contributed by atoms with van der Waals surface area (Å²) in [6, 6.07) is 13.4. The molecule has 0 aliphatic rings. The van der Waals surface area contributed by atoms with E-state index < -0.39 is 5.91 Å². The molecule has 4 nitrogen and oxygen atoms in total. The Morgan fingerprint density at radius 2 is 1.90 bits per heavy atom. The van der Waals surface area contributed by atoms with E-state index in [1.165, 1.54) is 0 Å². The summed E-state index contributed by atoms with van der Waals surface area (Å²) >= 11 is 3.46. The minimum atomic E-state index is -0.445. The highest BCUT2D eigenvalue weighted by Crippen LogP contribution is 2.26. The van der Waals surface area contributed by atoms with Gasteiger partial charge in [0.25, 0.3) is 0 Å². The van der Waals surface area contributed by atoms with Gasteiger partial charge in [0.1, 0.15) is 0 Å². The second-order valence-corrected chi connectivity index (χ2v) is 5.48. The molecule has 104 valence electrons. The average Bonchev–Trinajstić information content (AvgIpc) is 2.93. The summed E-state index contributed by atoms with van der Waals surface area (Å²) in [6.45, 7) is 0. The monoisotopic (exact) mass is 341 g/mol. The van der Waals surface area contributed by atoms with Crippen molar-refractivity contribution in [3.8, 4) is 16.9 Å². The van der Waals surface area contributed by atoms with Gasteiger partial charge >= 0.3 is 0 Å². The lowest BCUT2D eigenvalue weighted by Gasteiger charge is -2.09. The number of hydrogen-bond acceptors (Lipinski definition) is 2. The van der Waals surface area contributed by atoms with Crippen molar-refractivity contribution < 1.29 is 4.79 Å². The highest BCUT2D eigenvalue weighted by Gasteiger charge is 2.12. The molecular weight excluding hydrogens is 330 g/mol. The summed E-state index contributed by atoms with van der Waals surface area (Å²) in [6.07, 6.45) is 5.19. The number of halogens is 1. The van der Waals surface area contributed by atoms with Crippen molar-refractivity contribution in [2.45, 2.75) is 0 Å². The summed E-state index contributed by atoms with van der Waals surface area (Å²) in [5, 5.41) is 0. The number of nitrogens with two attached hydrogens (primary N) is 1. The molecule has 0 saturated heterocycles. The van der Waals surface area contributed by atoms with Gasteiger partial charge in [-0.15, -0.1) is 0 Å². The fourth-order valence-electron chi connectivity index (χ4n) is 2.18. The molecule has 0 atom stereocenters. The van der Waals surface area contributed by atoms with Crippen LogP contribution in [0.5, 0.6) is 0 Å². The van der Waals surface area contributed by atoms with Gasteiger partial charge in [0.2, 0.25) is 5.91 Å². The van der Waals surface area contributed by atoms with E-state index in [0.29, 0.717) is 5.56 Å². The maximum absolute atomic E-state index is 11.5. The standard InChI is InChI=1S/C16H12BrN3O/c17-13-2-1-3-14(9-13)20-10-12(16(18)21)8-15(20)11-4-6-19-7-5-11/h1-10H,(H2,18,21). The van der Waals surface area contributed by atoms with Gasteiger partial charge in [-0.2, -0.15) is 0 Å². The zero-order valence-electron chi connectivity index (χ0n) is 11.0. The topological polar surface area (TPSA) is 60.9 Å². The van der Waals surface area contributed by atoms with E-state index in [4.69, 9.17) is 5.73 Å². The Morgan fingerprint density at radius 1 is 1.14 bits per heavy atom. The molecule has 0 spiro atoms. The Hall–Kier alpha value is -2.40. The van der Waals surface area contributed by atoms with Crippen LogP contribution in [0, 0.1) is 0 Å². The van der Waals surface area contributed by atoms with Crippen LogP contribution in [0.3, 0.4) is 0 Å². The minimum absolute atomic E-state index is 0.445. The van der Waals surface area contributed by atoms with Crippen molar-refractivity contribution in [1.29, 1.82) is 0 Å². The number of carbonyl (C=O) groups is 1. The highest BCUT2D eigenvalue weighted by molar-refractivity contribution is 9.10. The minimum Gasteiger partial charge on any atom is -0.366 e. The molecule has 2 N–H and O–H groups in total. The van der Waals surface area contributed by atoms with E-state index in [-0.39, 0.29) is 0 Å². The van der Waals surface area contributed by atoms with Crippen LogP contribution in [0.1, 0.15) is 10.4 Å². The molecule has 1 aromatic carbocycles. The highest BCUT2D eigenvalue weighted by atomic mass is 79.9. The molecule has 0 unspecified atom stereocenters. The maximum atomic E-state index is 11.5. The number of hydrogen-bond donors (Lipinski definition) is 1. The maximum Gasteiger partial charge on any atom is 0.250 e. The Balaban J connectivity index is 2.21. The third kappa shape index (κ3) is 2.73. The number of amides is 1. The van der Waals surface area contributed by atoms with Gasteiger partial charge in [-0.1, -0.05) is 22.0 Å². The van der Waals surface area contributed by atoms with Crippen molar-refractivity contribution in [3.05, 3.63) is 71.1 Å². The summed E-state index contributed by atoms with van der Waals surface area (Å²) in [5.74, 6) is -0.445. The lowest BCUT2D eigenvalue weighted by Crippen LogP contribution is -2.09. The third-order valence-corrected chi connectivity index (χ3v) is 3.66. The molecule has 21 heavy (non-hydrogen) atoms. The molecule has 0 aliphatic carbocycles. The summed E-state index contributed by atoms with van der Waals surface area (Å²) in [5.41, 5.74) is 8.69. The van der Waals surface area contributed by atoms with Crippen LogP contribution < -0.4 is 5.73 Å². The predicted molar refractivity (Wildman–Crippen MR) is 85.2 cm³/mol. The second-order valence-electron chi connectivity index (χ2n) is 4.56. The van der Waals surface area contributed by atoms with Crippen LogP contribution in [-0.2, 0) is 0 Å². The van der Waals surface area contributed by atoms with Gasteiger partial charge in [0, 0.05) is 34.3 Å². The first-order chi connectivity index (χ1) is 10.1. The van der Waals surface area contributed by atoms with E-state index >= 15 is 0 Å². The molecule has 0 saturated carbocycles. The SMILES string of the molecule is NC(=O)c1cc(-c2ccncc2)n(-c2cccc(Br)c2)c1. The van der Waals surface area contributed by atoms with E-state index in [1.807, 2.05) is 41.0 Å². The lowest BCUT2D eigenvalue weighted by molar-refractivity contribution is 0.100. The Kier molecular flexibility index (Phi) is 3.58. The first-order valence-corrected chi connectivity index (χ1v) is 7.13. The van der Waals surface area contributed by atoms with Crippen LogP contribution in [0.25, 0.3) is 16.9 Å². The Labute approximate surface area is 130 Å². The molecule has 2 aromatic heterocycles. The zero-order valence-corrected chi connectivity index (χ0v) is 12.6. The molecule has 0 radical (unpaired) electrons. The first-order valence-electron chi connectivity index (χ1n) is 6.34. The van der Waals surface area contributed by atoms with Crippen LogP contribution in [0.4, 0.5) is 0 Å². The van der Waals surface area contributed by atoms with Gasteiger partial charge in [-0.25, -0.2) is 0 Å². The quantitative estimate of drug-likeness (QED) is 0.793. The number of nitrogens with zero attached hydrogens (tertiary/aromatic N) is 2. The summed E-state index contributed by atoms with van der Waals surface area (Å²) < 4.78 is 2.91. The lowest BCUT2D eigenvalue weighted by atomic mass is 10.2. The summed E-state index contributed by atoms with van der Waals surface area (Å²) in [4.78, 5) is 15.5. The molecule has 0 bridgehead atoms. The summed E-state index contributed by atoms with van der Waals surface area (Å²) in [7, 11) is 0. The number of pyridine rings is 1. The smallest absolute Gasteiger partial charge is 0.250 e. The van der Waals surface area contributed by atoms with Crippen molar-refractivity contribution in [2.75, 3.05) is 0 Å². The van der Waals surface area contributed by atoms with E-state index in [9.17, 15) is 4.79 Å². The molecule has 0 aliphatic heterocycles. The molecular formula is C16H12BrN3O. The van der Waals surface area contributed by atoms with Crippen molar-refractivity contribution in [3.63, 3.8) is 0 Å². The number of benzene rings is 1. The van der Waals surface area contributed by atoms with Crippen molar-refractivity contribution in [2.24, 2.45) is 5.73 Å². The fourth-order valence-corrected chi connectivity index (χ4v) is 2.57. The first kappa shape index (κ1) is 13.6. The van der Waals surface area contributed by atoms with Gasteiger partial charge in [-0.3, -0.25) is 9.78 Å². The van der Waals surface area contributed by atoms with Crippen LogP contribution in [-0.4, -0.2) is 15.5 Å². The predicted octanol–water partition coefficient (Wildman–Crippen LogP) is 3.40. The van der Waals surface area contributed by atoms with Crippen molar-refractivity contribution in [1.82, 2.24) is 9.55 Å². The number of primary amides is 1. The molecule has 5 heteroatoms. The largest absolute Gasteiger partial charge is 0.366 e. The van der Waals surface area contributed by atoms with Gasteiger partial charge < -0.3 is 10.3 Å². The van der Waals surface area contributed by atoms with Gasteiger partial charge in [0.15, 0.2) is 0 Å². The number of rotatable bonds is 3. The average molecular weight is 342 g/mol. The van der Waals surface area contributed by atoms with Crippen LogP contribution >= 0.6 is 15.9 Å². The van der Waals surface area contributed by atoms with Gasteiger partial charge in [0.05, 0.1) is 11.3 Å². The third-order valence-electron chi connectivity index (χ3n) is 3.17. The van der Waals surface area contributed by atoms with Crippen LogP contribution in [0.2, 0.25) is 0 Å². The van der Waals surface area contributed by atoms with E-state index in [1.54, 1.807) is 24.7 Å². The molecule has 3 rings (SSSR count). The van der Waals surface area contributed by atoms with Gasteiger partial charge in [-0.05, 0) is 36.4 Å². The number of aromatic nitrogens is 2. The fraction of sp³-hybridized carbons (Fsp3) is 0. The Bertz CT molecular complexity index is 796. The molecule has 2 heterocycles. The molecule has 1 amide bonds. The number of carbonyl (C=O) groups excluding carboxylic acids is 1. The molecule has 0 fully saturated rings. The van der Waals surface area contributed by atoms with E-state index in [2.05, 4.69) is 20.9 Å². The molecule has 3 aromatic rings. The van der Waals surface area contributed by atoms with E-state index in [0.717, 1.165) is 21.4 Å². The van der Waals surface area contributed by atoms with Crippen LogP contribution in [0.15, 0.2) is 65.5 Å². The zero-order chi connectivity index (χ0) is 14.8. The normalized spacial score (nSPS) is 10.5. The van der Waals surface area contributed by atoms with Crippen molar-refractivity contribution >= 4 is 21.8 Å².